The van der Waals surface area contributed by atoms with Crippen LogP contribution in [0.1, 0.15) is 24.4 Å². The minimum atomic E-state index is -0.650. The fraction of sp³-hybridized carbons (Fsp3) is 0.571. The van der Waals surface area contributed by atoms with Gasteiger partial charge in [-0.1, -0.05) is 6.08 Å². The summed E-state index contributed by atoms with van der Waals surface area (Å²) in [5.41, 5.74) is -0.709. The number of nitrogens with one attached hydrogen (secondary N) is 1. The molecule has 3 N–H and O–H groups in total. The molecule has 0 aromatic carbocycles. The van der Waals surface area contributed by atoms with Crippen LogP contribution >= 0.6 is 0 Å². The van der Waals surface area contributed by atoms with Crippen LogP contribution in [0.25, 0.3) is 6.08 Å². The van der Waals surface area contributed by atoms with Crippen molar-refractivity contribution in [3.05, 3.63) is 38.7 Å². The van der Waals surface area contributed by atoms with E-state index >= 15 is 0 Å². The fourth-order valence-corrected chi connectivity index (χ4v) is 2.67. The molecule has 3 unspecified atom stereocenters. The first-order valence-corrected chi connectivity index (χ1v) is 7.03. The molecule has 0 bridgehead atoms. The van der Waals surface area contributed by atoms with Gasteiger partial charge in [-0.05, 0) is 18.9 Å². The molecule has 0 spiro atoms. The molecule has 1 aliphatic carbocycles. The molecule has 22 heavy (non-hydrogen) atoms. The zero-order valence-electron chi connectivity index (χ0n) is 12.3. The van der Waals surface area contributed by atoms with Crippen LogP contribution in [0.3, 0.4) is 0 Å². The Labute approximate surface area is 126 Å². The van der Waals surface area contributed by atoms with Gasteiger partial charge in [-0.3, -0.25) is 14.3 Å². The van der Waals surface area contributed by atoms with Crippen molar-refractivity contribution in [1.82, 2.24) is 9.55 Å². The number of aromatic nitrogens is 2. The molecule has 0 radical (unpaired) electrons. The molecule has 8 nitrogen and oxygen atoms in total. The van der Waals surface area contributed by atoms with E-state index in [9.17, 15) is 19.8 Å². The summed E-state index contributed by atoms with van der Waals surface area (Å²) in [4.78, 5) is 35.1. The second kappa shape index (κ2) is 7.50. The third-order valence-electron chi connectivity index (χ3n) is 3.84. The Morgan fingerprint density at radius 2 is 2.23 bits per heavy atom. The number of H-pyrrole nitrogens is 1. The highest BCUT2D eigenvalue weighted by Crippen LogP contribution is 2.33. The molecule has 1 fully saturated rings. The molecular weight excluding hydrogens is 292 g/mol. The Morgan fingerprint density at radius 3 is 2.86 bits per heavy atom. The average molecular weight is 312 g/mol. The van der Waals surface area contributed by atoms with Crippen molar-refractivity contribution >= 4 is 6.08 Å². The highest BCUT2D eigenvalue weighted by atomic mass is 17.2. The van der Waals surface area contributed by atoms with Crippen molar-refractivity contribution in [3.8, 4) is 0 Å². The van der Waals surface area contributed by atoms with Gasteiger partial charge in [-0.25, -0.2) is 14.6 Å². The maximum absolute atomic E-state index is 12.0. The topological polar surface area (TPSA) is 114 Å². The summed E-state index contributed by atoms with van der Waals surface area (Å²) in [5, 5.41) is 19.0. The number of hydrogen-bond donors (Lipinski definition) is 3. The Balaban J connectivity index is 2.24. The molecule has 122 valence electrons. The summed E-state index contributed by atoms with van der Waals surface area (Å²) in [6, 6.07) is -0.251. The predicted octanol–water partition coefficient (Wildman–Crippen LogP) is -0.568. The Bertz CT molecular complexity index is 635. The van der Waals surface area contributed by atoms with Gasteiger partial charge in [0.2, 0.25) is 0 Å². The lowest BCUT2D eigenvalue weighted by Crippen LogP contribution is -2.32. The number of rotatable bonds is 6. The molecule has 0 amide bonds. The van der Waals surface area contributed by atoms with Gasteiger partial charge in [0.05, 0.1) is 18.8 Å². The monoisotopic (exact) mass is 312 g/mol. The number of aromatic amines is 1. The van der Waals surface area contributed by atoms with Gasteiger partial charge in [0, 0.05) is 24.8 Å². The standard InChI is InChI=1S/C14H20N2O6/c1-21-22-4-2-3-9-7-16(14(20)15-13(9)19)11-5-10(8-17)12(18)6-11/h2-3,7,10-12,17-18H,4-6,8H2,1H3,(H,15,19,20)/b3-2+. The van der Waals surface area contributed by atoms with E-state index in [2.05, 4.69) is 14.8 Å². The fourth-order valence-electron chi connectivity index (χ4n) is 2.67. The maximum Gasteiger partial charge on any atom is 0.328 e. The lowest BCUT2D eigenvalue weighted by atomic mass is 10.1. The number of aliphatic hydroxyl groups is 2. The van der Waals surface area contributed by atoms with E-state index in [1.165, 1.54) is 23.9 Å². The zero-order chi connectivity index (χ0) is 16.1. The van der Waals surface area contributed by atoms with E-state index in [1.807, 2.05) is 0 Å². The summed E-state index contributed by atoms with van der Waals surface area (Å²) in [7, 11) is 1.38. The molecule has 0 saturated heterocycles. The molecule has 2 rings (SSSR count). The first kappa shape index (κ1) is 16.6. The molecule has 0 aliphatic heterocycles. The highest BCUT2D eigenvalue weighted by molar-refractivity contribution is 5.46. The average Bonchev–Trinajstić information content (AvgIpc) is 2.86. The van der Waals surface area contributed by atoms with Gasteiger partial charge in [0.1, 0.15) is 6.61 Å². The Morgan fingerprint density at radius 1 is 1.45 bits per heavy atom. The Hall–Kier alpha value is -1.74. The number of nitrogens with zero attached hydrogens (tertiary/aromatic N) is 1. The van der Waals surface area contributed by atoms with E-state index in [4.69, 9.17) is 0 Å². The summed E-state index contributed by atoms with van der Waals surface area (Å²) >= 11 is 0. The maximum atomic E-state index is 12.0. The largest absolute Gasteiger partial charge is 0.396 e. The normalized spacial score (nSPS) is 25.1. The van der Waals surface area contributed by atoms with Gasteiger partial charge in [-0.15, -0.1) is 0 Å². The first-order valence-electron chi connectivity index (χ1n) is 7.03. The van der Waals surface area contributed by atoms with Crippen LogP contribution in [-0.4, -0.2) is 46.2 Å². The first-order chi connectivity index (χ1) is 10.6. The van der Waals surface area contributed by atoms with Gasteiger partial charge in [0.25, 0.3) is 5.56 Å². The van der Waals surface area contributed by atoms with Crippen LogP contribution in [0.2, 0.25) is 0 Å². The molecular formula is C14H20N2O6. The summed E-state index contributed by atoms with van der Waals surface area (Å²) in [6.45, 7) is 0.0423. The van der Waals surface area contributed by atoms with Crippen LogP contribution in [0, 0.1) is 5.92 Å². The smallest absolute Gasteiger partial charge is 0.328 e. The van der Waals surface area contributed by atoms with Crippen molar-refractivity contribution in [1.29, 1.82) is 0 Å². The van der Waals surface area contributed by atoms with Crippen LogP contribution in [0.4, 0.5) is 0 Å². The summed E-state index contributed by atoms with van der Waals surface area (Å²) in [6.07, 6.45) is 4.78. The molecule has 8 heteroatoms. The van der Waals surface area contributed by atoms with Gasteiger partial charge in [-0.2, -0.15) is 0 Å². The van der Waals surface area contributed by atoms with Gasteiger partial charge in [0.15, 0.2) is 0 Å². The third-order valence-corrected chi connectivity index (χ3v) is 3.84. The van der Waals surface area contributed by atoms with Crippen LogP contribution in [-0.2, 0) is 9.78 Å². The summed E-state index contributed by atoms with van der Waals surface area (Å²) in [5.74, 6) is -0.252. The lowest BCUT2D eigenvalue weighted by molar-refractivity contribution is -0.263. The van der Waals surface area contributed by atoms with E-state index < -0.39 is 17.4 Å². The van der Waals surface area contributed by atoms with Crippen LogP contribution in [0.15, 0.2) is 21.9 Å². The van der Waals surface area contributed by atoms with Gasteiger partial charge < -0.3 is 10.2 Å². The predicted molar refractivity (Wildman–Crippen MR) is 78.2 cm³/mol. The molecule has 1 aromatic rings. The van der Waals surface area contributed by atoms with Gasteiger partial charge >= 0.3 is 5.69 Å². The van der Waals surface area contributed by atoms with E-state index in [-0.39, 0.29) is 25.2 Å². The zero-order valence-corrected chi connectivity index (χ0v) is 12.3. The third kappa shape index (κ3) is 3.72. The van der Waals surface area contributed by atoms with Crippen LogP contribution in [0.5, 0.6) is 0 Å². The van der Waals surface area contributed by atoms with E-state index in [1.54, 1.807) is 6.08 Å². The molecule has 1 saturated carbocycles. The molecule has 1 aliphatic rings. The molecule has 1 aromatic heterocycles. The van der Waals surface area contributed by atoms with Crippen molar-refractivity contribution < 1.29 is 20.0 Å². The second-order valence-corrected chi connectivity index (χ2v) is 5.24. The SMILES string of the molecule is COOC/C=C/c1cn(C2CC(O)C(CO)C2)c(=O)[nH]c1=O. The lowest BCUT2D eigenvalue weighted by Gasteiger charge is -2.13. The summed E-state index contributed by atoms with van der Waals surface area (Å²) < 4.78 is 1.40. The molecule has 1 heterocycles. The quantitative estimate of drug-likeness (QED) is 0.368. The number of hydrogen-bond acceptors (Lipinski definition) is 6. The minimum absolute atomic E-state index is 0.128. The van der Waals surface area contributed by atoms with E-state index in [0.717, 1.165) is 0 Å². The Kier molecular flexibility index (Phi) is 5.67. The van der Waals surface area contributed by atoms with Crippen molar-refractivity contribution in [2.75, 3.05) is 20.3 Å². The van der Waals surface area contributed by atoms with Crippen molar-refractivity contribution in [3.63, 3.8) is 0 Å². The van der Waals surface area contributed by atoms with Crippen molar-refractivity contribution in [2.24, 2.45) is 5.92 Å². The number of aliphatic hydroxyl groups excluding tert-OH is 2. The van der Waals surface area contributed by atoms with E-state index in [0.29, 0.717) is 18.4 Å². The van der Waals surface area contributed by atoms with Crippen molar-refractivity contribution in [2.45, 2.75) is 25.0 Å². The second-order valence-electron chi connectivity index (χ2n) is 5.24. The highest BCUT2D eigenvalue weighted by Gasteiger charge is 2.34. The van der Waals surface area contributed by atoms with Crippen LogP contribution < -0.4 is 11.2 Å². The molecule has 3 atom stereocenters. The minimum Gasteiger partial charge on any atom is -0.396 e.